The number of benzene rings is 1. The van der Waals surface area contributed by atoms with Crippen molar-refractivity contribution in [3.63, 3.8) is 0 Å². The van der Waals surface area contributed by atoms with Gasteiger partial charge in [0.25, 0.3) is 0 Å². The van der Waals surface area contributed by atoms with Crippen molar-refractivity contribution >= 4 is 57.3 Å². The van der Waals surface area contributed by atoms with E-state index in [0.29, 0.717) is 50.1 Å². The predicted molar refractivity (Wildman–Crippen MR) is 120 cm³/mol. The van der Waals surface area contributed by atoms with E-state index in [1.807, 2.05) is 28.0 Å². The van der Waals surface area contributed by atoms with E-state index in [4.69, 9.17) is 11.6 Å². The van der Waals surface area contributed by atoms with Crippen LogP contribution in [0, 0.1) is 0 Å². The van der Waals surface area contributed by atoms with Crippen molar-refractivity contribution in [3.05, 3.63) is 34.9 Å². The van der Waals surface area contributed by atoms with Gasteiger partial charge in [-0.2, -0.15) is 0 Å². The summed E-state index contributed by atoms with van der Waals surface area (Å²) < 4.78 is 22.4. The molecule has 0 aliphatic carbocycles. The number of sulfone groups is 1. The van der Waals surface area contributed by atoms with Crippen LogP contribution >= 0.6 is 35.6 Å². The lowest BCUT2D eigenvalue weighted by Crippen LogP contribution is -2.54. The molecular weight excluding hydrogens is 503 g/mol. The van der Waals surface area contributed by atoms with E-state index in [2.05, 4.69) is 10.3 Å². The molecule has 1 aliphatic heterocycles. The first-order valence-electron chi connectivity index (χ1n) is 8.44. The number of hydrogen-bond acceptors (Lipinski definition) is 4. The summed E-state index contributed by atoms with van der Waals surface area (Å²) >= 11 is 5.96. The van der Waals surface area contributed by atoms with Gasteiger partial charge in [0.05, 0.1) is 12.2 Å². The van der Waals surface area contributed by atoms with Crippen LogP contribution in [0.5, 0.6) is 0 Å². The van der Waals surface area contributed by atoms with Crippen molar-refractivity contribution in [1.82, 2.24) is 15.1 Å². The number of amides is 1. The fourth-order valence-corrected chi connectivity index (χ4v) is 3.47. The van der Waals surface area contributed by atoms with Gasteiger partial charge >= 0.3 is 0 Å². The molecular formula is C17H26ClIN4O3S. The smallest absolute Gasteiger partial charge is 0.227 e. The summed E-state index contributed by atoms with van der Waals surface area (Å²) in [5.74, 6) is 0.798. The topological polar surface area (TPSA) is 82.1 Å². The molecule has 0 aromatic heterocycles. The highest BCUT2D eigenvalue weighted by molar-refractivity contribution is 14.0. The van der Waals surface area contributed by atoms with Crippen LogP contribution in [0.1, 0.15) is 5.56 Å². The van der Waals surface area contributed by atoms with Crippen molar-refractivity contribution in [1.29, 1.82) is 0 Å². The zero-order chi connectivity index (χ0) is 19.2. The van der Waals surface area contributed by atoms with Gasteiger partial charge < -0.3 is 15.1 Å². The molecule has 1 saturated heterocycles. The van der Waals surface area contributed by atoms with Crippen LogP contribution in [0.25, 0.3) is 0 Å². The van der Waals surface area contributed by atoms with E-state index < -0.39 is 9.84 Å². The van der Waals surface area contributed by atoms with Gasteiger partial charge in [0, 0.05) is 51.0 Å². The van der Waals surface area contributed by atoms with E-state index in [0.717, 1.165) is 5.56 Å². The van der Waals surface area contributed by atoms with Crippen LogP contribution in [0.2, 0.25) is 5.02 Å². The largest absolute Gasteiger partial charge is 0.355 e. The summed E-state index contributed by atoms with van der Waals surface area (Å²) in [6, 6.07) is 7.34. The summed E-state index contributed by atoms with van der Waals surface area (Å²) in [6.45, 7) is 2.83. The Balaban J connectivity index is 0.00000364. The minimum atomic E-state index is -3.01. The third kappa shape index (κ3) is 8.22. The third-order valence-corrected chi connectivity index (χ3v) is 5.32. The lowest BCUT2D eigenvalue weighted by atomic mass is 10.1. The molecule has 152 valence electrons. The highest BCUT2D eigenvalue weighted by Gasteiger charge is 2.23. The summed E-state index contributed by atoms with van der Waals surface area (Å²) in [4.78, 5) is 20.5. The zero-order valence-electron chi connectivity index (χ0n) is 15.5. The number of guanidine groups is 1. The minimum absolute atomic E-state index is 0. The molecule has 1 aromatic rings. The van der Waals surface area contributed by atoms with Gasteiger partial charge in [-0.25, -0.2) is 8.42 Å². The van der Waals surface area contributed by atoms with Gasteiger partial charge in [-0.1, -0.05) is 23.7 Å². The van der Waals surface area contributed by atoms with Crippen molar-refractivity contribution in [2.75, 3.05) is 51.8 Å². The van der Waals surface area contributed by atoms with Crippen molar-refractivity contribution in [2.24, 2.45) is 4.99 Å². The van der Waals surface area contributed by atoms with E-state index in [1.165, 1.54) is 6.26 Å². The van der Waals surface area contributed by atoms with E-state index in [-0.39, 0.29) is 35.6 Å². The molecule has 2 rings (SSSR count). The van der Waals surface area contributed by atoms with Crippen molar-refractivity contribution < 1.29 is 13.2 Å². The zero-order valence-corrected chi connectivity index (χ0v) is 19.4. The SMILES string of the molecule is CN=C(NCCS(C)(=O)=O)N1CCN(C(=O)Cc2cccc(Cl)c2)CC1.I. The molecule has 7 nitrogen and oxygen atoms in total. The first kappa shape index (κ1) is 24.0. The number of piperazine rings is 1. The Morgan fingerprint density at radius 3 is 2.41 bits per heavy atom. The number of nitrogens with zero attached hydrogens (tertiary/aromatic N) is 3. The lowest BCUT2D eigenvalue weighted by molar-refractivity contribution is -0.131. The summed E-state index contributed by atoms with van der Waals surface area (Å²) in [6.07, 6.45) is 1.55. The molecule has 1 aliphatic rings. The minimum Gasteiger partial charge on any atom is -0.355 e. The van der Waals surface area contributed by atoms with Crippen LogP contribution in [0.15, 0.2) is 29.3 Å². The second-order valence-electron chi connectivity index (χ2n) is 6.28. The Labute approximate surface area is 183 Å². The number of carbonyl (C=O) groups excluding carboxylic acids is 1. The Morgan fingerprint density at radius 1 is 1.22 bits per heavy atom. The first-order valence-corrected chi connectivity index (χ1v) is 10.9. The van der Waals surface area contributed by atoms with Gasteiger partial charge in [-0.3, -0.25) is 9.79 Å². The van der Waals surface area contributed by atoms with E-state index >= 15 is 0 Å². The molecule has 1 amide bonds. The molecule has 10 heteroatoms. The van der Waals surface area contributed by atoms with Crippen molar-refractivity contribution in [3.8, 4) is 0 Å². The van der Waals surface area contributed by atoms with Crippen molar-refractivity contribution in [2.45, 2.75) is 6.42 Å². The third-order valence-electron chi connectivity index (χ3n) is 4.14. The maximum absolute atomic E-state index is 12.5. The number of carbonyl (C=O) groups is 1. The summed E-state index contributed by atoms with van der Waals surface area (Å²) in [7, 11) is -1.34. The second-order valence-corrected chi connectivity index (χ2v) is 8.97. The Hall–Kier alpha value is -1.07. The molecule has 1 N–H and O–H groups in total. The van der Waals surface area contributed by atoms with E-state index in [1.54, 1.807) is 13.1 Å². The number of aliphatic imine (C=N–C) groups is 1. The quantitative estimate of drug-likeness (QED) is 0.354. The average Bonchev–Trinajstić information content (AvgIpc) is 2.58. The fourth-order valence-electron chi connectivity index (χ4n) is 2.78. The molecule has 1 aromatic carbocycles. The summed E-state index contributed by atoms with van der Waals surface area (Å²) in [5.41, 5.74) is 0.906. The van der Waals surface area contributed by atoms with Gasteiger partial charge in [0.2, 0.25) is 5.91 Å². The Bertz CT molecular complexity index is 765. The highest BCUT2D eigenvalue weighted by Crippen LogP contribution is 2.13. The van der Waals surface area contributed by atoms with Crippen LogP contribution < -0.4 is 5.32 Å². The van der Waals surface area contributed by atoms with Gasteiger partial charge in [0.1, 0.15) is 9.84 Å². The van der Waals surface area contributed by atoms with Gasteiger partial charge in [-0.05, 0) is 17.7 Å². The predicted octanol–water partition coefficient (Wildman–Crippen LogP) is 1.26. The van der Waals surface area contributed by atoms with Crippen LogP contribution in [-0.2, 0) is 21.1 Å². The molecule has 0 saturated carbocycles. The van der Waals surface area contributed by atoms with Crippen LogP contribution in [0.3, 0.4) is 0 Å². The number of halogens is 2. The molecule has 0 spiro atoms. The molecule has 0 bridgehead atoms. The van der Waals surface area contributed by atoms with Crippen LogP contribution in [0.4, 0.5) is 0 Å². The van der Waals surface area contributed by atoms with Gasteiger partial charge in [-0.15, -0.1) is 24.0 Å². The maximum Gasteiger partial charge on any atom is 0.227 e. The number of hydrogen-bond donors (Lipinski definition) is 1. The van der Waals surface area contributed by atoms with Gasteiger partial charge in [0.15, 0.2) is 5.96 Å². The summed E-state index contributed by atoms with van der Waals surface area (Å²) in [5, 5.41) is 3.69. The highest BCUT2D eigenvalue weighted by atomic mass is 127. The number of nitrogens with one attached hydrogen (secondary N) is 1. The standard InChI is InChI=1S/C17H25ClN4O3S.HI/c1-19-17(20-6-11-26(2,24)25)22-9-7-21(8-10-22)16(23)13-14-4-3-5-15(18)12-14;/h3-5,12H,6-11,13H2,1-2H3,(H,19,20);1H. The molecule has 27 heavy (non-hydrogen) atoms. The van der Waals surface area contributed by atoms with Crippen LogP contribution in [-0.4, -0.2) is 81.9 Å². The molecule has 0 radical (unpaired) electrons. The average molecular weight is 529 g/mol. The lowest BCUT2D eigenvalue weighted by Gasteiger charge is -2.36. The van der Waals surface area contributed by atoms with E-state index in [9.17, 15) is 13.2 Å². The number of rotatable bonds is 5. The molecule has 0 atom stereocenters. The molecule has 1 fully saturated rings. The Morgan fingerprint density at radius 2 is 1.85 bits per heavy atom. The monoisotopic (exact) mass is 528 g/mol. The molecule has 0 unspecified atom stereocenters. The molecule has 1 heterocycles. The fraction of sp³-hybridized carbons (Fsp3) is 0.529. The first-order chi connectivity index (χ1) is 12.3. The maximum atomic E-state index is 12.5. The second kappa shape index (κ2) is 11.1. The normalized spacial score (nSPS) is 15.3. The Kier molecular flexibility index (Phi) is 9.82.